The molecule has 0 spiro atoms. The molecule has 4 rings (SSSR count). The summed E-state index contributed by atoms with van der Waals surface area (Å²) in [5.74, 6) is -1.03. The van der Waals surface area contributed by atoms with Crippen molar-refractivity contribution in [2.24, 2.45) is 0 Å². The van der Waals surface area contributed by atoms with E-state index in [2.05, 4.69) is 16.7 Å². The first-order valence-electron chi connectivity index (χ1n) is 13.1. The number of halogens is 1. The highest BCUT2D eigenvalue weighted by molar-refractivity contribution is 8.00. The SMILES string of the molecule is CCC(Sc1cccc(NC(=O)c2ccc(F)cc2)c1)C(=O)Nc1sc2c(c1C#N)CCN(C(=O)OC(C)(C)C)C2. The van der Waals surface area contributed by atoms with Crippen LogP contribution in [0.5, 0.6) is 0 Å². The molecule has 11 heteroatoms. The average molecular weight is 595 g/mol. The first kappa shape index (κ1) is 30.1. The summed E-state index contributed by atoms with van der Waals surface area (Å²) >= 11 is 2.66. The zero-order chi connectivity index (χ0) is 29.7. The van der Waals surface area contributed by atoms with E-state index in [0.29, 0.717) is 47.7 Å². The topological polar surface area (TPSA) is 112 Å². The molecule has 2 heterocycles. The van der Waals surface area contributed by atoms with Gasteiger partial charge in [0.15, 0.2) is 0 Å². The molecule has 0 aliphatic carbocycles. The smallest absolute Gasteiger partial charge is 0.410 e. The van der Waals surface area contributed by atoms with Crippen molar-refractivity contribution in [2.45, 2.75) is 62.8 Å². The molecule has 0 fully saturated rings. The Labute approximate surface area is 246 Å². The molecule has 2 aromatic carbocycles. The third-order valence-electron chi connectivity index (χ3n) is 6.20. The summed E-state index contributed by atoms with van der Waals surface area (Å²) in [6.45, 7) is 8.10. The summed E-state index contributed by atoms with van der Waals surface area (Å²) in [5, 5.41) is 15.6. The zero-order valence-corrected chi connectivity index (χ0v) is 24.9. The fraction of sp³-hybridized carbons (Fsp3) is 0.333. The number of benzene rings is 2. The van der Waals surface area contributed by atoms with Gasteiger partial charge in [-0.3, -0.25) is 9.59 Å². The van der Waals surface area contributed by atoms with Crippen LogP contribution in [0.25, 0.3) is 0 Å². The highest BCUT2D eigenvalue weighted by Gasteiger charge is 2.31. The van der Waals surface area contributed by atoms with Crippen LogP contribution in [0.1, 0.15) is 60.5 Å². The third-order valence-corrected chi connectivity index (χ3v) is 8.69. The molecular weight excluding hydrogens is 563 g/mol. The predicted octanol–water partition coefficient (Wildman–Crippen LogP) is 6.81. The van der Waals surface area contributed by atoms with Gasteiger partial charge in [-0.1, -0.05) is 13.0 Å². The summed E-state index contributed by atoms with van der Waals surface area (Å²) in [6.07, 6.45) is 0.632. The molecule has 8 nitrogen and oxygen atoms in total. The number of ether oxygens (including phenoxy) is 1. The maximum Gasteiger partial charge on any atom is 0.410 e. The second kappa shape index (κ2) is 12.7. The number of carbonyl (C=O) groups excluding carboxylic acids is 3. The van der Waals surface area contributed by atoms with Crippen LogP contribution in [0.2, 0.25) is 0 Å². The molecule has 2 N–H and O–H groups in total. The third kappa shape index (κ3) is 7.65. The molecule has 214 valence electrons. The first-order valence-corrected chi connectivity index (χ1v) is 14.8. The van der Waals surface area contributed by atoms with E-state index in [1.165, 1.54) is 47.4 Å². The number of hydrogen-bond donors (Lipinski definition) is 2. The van der Waals surface area contributed by atoms with Crippen molar-refractivity contribution >= 4 is 51.7 Å². The van der Waals surface area contributed by atoms with Crippen LogP contribution in [0, 0.1) is 17.1 Å². The predicted molar refractivity (Wildman–Crippen MR) is 159 cm³/mol. The average Bonchev–Trinajstić information content (AvgIpc) is 3.27. The summed E-state index contributed by atoms with van der Waals surface area (Å²) in [6, 6.07) is 14.7. The van der Waals surface area contributed by atoms with Gasteiger partial charge in [0.2, 0.25) is 5.91 Å². The molecule has 1 aromatic heterocycles. The molecule has 1 atom stereocenters. The minimum atomic E-state index is -0.607. The van der Waals surface area contributed by atoms with Gasteiger partial charge in [-0.15, -0.1) is 23.1 Å². The Kier molecular flexibility index (Phi) is 9.35. The molecule has 0 radical (unpaired) electrons. The fourth-order valence-corrected chi connectivity index (χ4v) is 6.45. The Morgan fingerprint density at radius 1 is 1.17 bits per heavy atom. The molecule has 41 heavy (non-hydrogen) atoms. The van der Waals surface area contributed by atoms with E-state index >= 15 is 0 Å². The summed E-state index contributed by atoms with van der Waals surface area (Å²) in [7, 11) is 0. The lowest BCUT2D eigenvalue weighted by Crippen LogP contribution is -2.39. The maximum absolute atomic E-state index is 13.3. The van der Waals surface area contributed by atoms with Gasteiger partial charge >= 0.3 is 6.09 Å². The highest BCUT2D eigenvalue weighted by Crippen LogP contribution is 2.38. The Bertz CT molecular complexity index is 1490. The molecule has 0 saturated heterocycles. The van der Waals surface area contributed by atoms with E-state index in [0.717, 1.165) is 15.3 Å². The molecule has 3 amide bonds. The molecule has 3 aromatic rings. The number of hydrogen-bond acceptors (Lipinski definition) is 7. The van der Waals surface area contributed by atoms with E-state index < -0.39 is 22.8 Å². The number of nitrogens with one attached hydrogen (secondary N) is 2. The van der Waals surface area contributed by atoms with Crippen LogP contribution in [-0.2, 0) is 22.5 Å². The standard InChI is InChI=1S/C30H31FN4O4S2/c1-5-24(40-21-8-6-7-20(15-21)33-26(36)18-9-11-19(31)12-10-18)27(37)34-28-23(16-32)22-13-14-35(17-25(22)41-28)29(38)39-30(2,3)4/h6-12,15,24H,5,13-14,17H2,1-4H3,(H,33,36)(H,34,37). The Hall–Kier alpha value is -3.88. The number of nitrogens with zero attached hydrogens (tertiary/aromatic N) is 2. The number of nitriles is 1. The summed E-state index contributed by atoms with van der Waals surface area (Å²) < 4.78 is 18.7. The van der Waals surface area contributed by atoms with Gasteiger partial charge in [0.1, 0.15) is 22.5 Å². The Morgan fingerprint density at radius 3 is 2.56 bits per heavy atom. The van der Waals surface area contributed by atoms with E-state index in [4.69, 9.17) is 4.74 Å². The van der Waals surface area contributed by atoms with Crippen molar-refractivity contribution in [3.63, 3.8) is 0 Å². The van der Waals surface area contributed by atoms with Gasteiger partial charge in [0, 0.05) is 27.6 Å². The second-order valence-corrected chi connectivity index (χ2v) is 12.8. The molecular formula is C30H31FN4O4S2. The highest BCUT2D eigenvalue weighted by atomic mass is 32.2. The van der Waals surface area contributed by atoms with Crippen LogP contribution in [0.15, 0.2) is 53.4 Å². The number of anilines is 2. The zero-order valence-electron chi connectivity index (χ0n) is 23.2. The van der Waals surface area contributed by atoms with Crippen molar-refractivity contribution in [1.82, 2.24) is 4.90 Å². The Morgan fingerprint density at radius 2 is 1.90 bits per heavy atom. The largest absolute Gasteiger partial charge is 0.444 e. The van der Waals surface area contributed by atoms with Crippen molar-refractivity contribution < 1.29 is 23.5 Å². The quantitative estimate of drug-likeness (QED) is 0.291. The Balaban J connectivity index is 1.43. The van der Waals surface area contributed by atoms with Crippen molar-refractivity contribution in [3.8, 4) is 6.07 Å². The summed E-state index contributed by atoms with van der Waals surface area (Å²) in [4.78, 5) is 41.7. The molecule has 1 unspecified atom stereocenters. The second-order valence-electron chi connectivity index (χ2n) is 10.5. The number of thioether (sulfide) groups is 1. The number of fused-ring (bicyclic) bond motifs is 1. The normalized spacial score (nSPS) is 13.5. The lowest BCUT2D eigenvalue weighted by molar-refractivity contribution is -0.115. The molecule has 0 bridgehead atoms. The summed E-state index contributed by atoms with van der Waals surface area (Å²) in [5.41, 5.74) is 1.57. The lowest BCUT2D eigenvalue weighted by Gasteiger charge is -2.29. The lowest BCUT2D eigenvalue weighted by atomic mass is 10.0. The van der Waals surface area contributed by atoms with Gasteiger partial charge < -0.3 is 20.3 Å². The molecule has 0 saturated carbocycles. The van der Waals surface area contributed by atoms with Crippen LogP contribution >= 0.6 is 23.1 Å². The first-order chi connectivity index (χ1) is 19.5. The van der Waals surface area contributed by atoms with Crippen molar-refractivity contribution in [1.29, 1.82) is 5.26 Å². The van der Waals surface area contributed by atoms with Crippen molar-refractivity contribution in [3.05, 3.63) is 75.9 Å². The minimum Gasteiger partial charge on any atom is -0.444 e. The maximum atomic E-state index is 13.3. The van der Waals surface area contributed by atoms with Crippen LogP contribution in [0.4, 0.5) is 19.9 Å². The van der Waals surface area contributed by atoms with Gasteiger partial charge in [-0.25, -0.2) is 9.18 Å². The number of thiophene rings is 1. The number of rotatable bonds is 7. The van der Waals surface area contributed by atoms with Crippen molar-refractivity contribution in [2.75, 3.05) is 17.2 Å². The van der Waals surface area contributed by atoms with Crippen LogP contribution in [-0.4, -0.2) is 40.2 Å². The molecule has 1 aliphatic rings. The van der Waals surface area contributed by atoms with E-state index in [9.17, 15) is 24.0 Å². The van der Waals surface area contributed by atoms with Crippen LogP contribution in [0.3, 0.4) is 0 Å². The van der Waals surface area contributed by atoms with Gasteiger partial charge in [-0.2, -0.15) is 5.26 Å². The molecule has 1 aliphatic heterocycles. The number of amides is 3. The van der Waals surface area contributed by atoms with Gasteiger partial charge in [0.25, 0.3) is 5.91 Å². The van der Waals surface area contributed by atoms with Gasteiger partial charge in [-0.05, 0) is 81.6 Å². The van der Waals surface area contributed by atoms with Gasteiger partial charge in [0.05, 0.1) is 17.4 Å². The monoisotopic (exact) mass is 594 g/mol. The fourth-order valence-electron chi connectivity index (χ4n) is 4.22. The van der Waals surface area contributed by atoms with Crippen LogP contribution < -0.4 is 10.6 Å². The van der Waals surface area contributed by atoms with E-state index in [-0.39, 0.29) is 11.8 Å². The number of carbonyl (C=O) groups is 3. The van der Waals surface area contributed by atoms with E-state index in [1.807, 2.05) is 33.8 Å². The minimum absolute atomic E-state index is 0.239. The van der Waals surface area contributed by atoms with E-state index in [1.54, 1.807) is 23.1 Å².